The molecule has 0 aliphatic heterocycles. The fourth-order valence-corrected chi connectivity index (χ4v) is 10.6. The van der Waals surface area contributed by atoms with E-state index in [1.807, 2.05) is 0 Å². The molecule has 0 radical (unpaired) electrons. The van der Waals surface area contributed by atoms with Crippen LogP contribution in [0.15, 0.2) is 218 Å². The second kappa shape index (κ2) is 13.9. The Labute approximate surface area is 335 Å². The summed E-state index contributed by atoms with van der Waals surface area (Å²) in [6.07, 6.45) is 0. The third kappa shape index (κ3) is 6.01. The molecule has 0 aromatic heterocycles. The summed E-state index contributed by atoms with van der Waals surface area (Å²) >= 11 is 0. The van der Waals surface area contributed by atoms with Gasteiger partial charge in [-0.25, -0.2) is 0 Å². The van der Waals surface area contributed by atoms with Crippen LogP contribution in [-0.2, 0) is 0 Å². The van der Waals surface area contributed by atoms with E-state index >= 15 is 0 Å². The lowest BCUT2D eigenvalue weighted by Gasteiger charge is -2.21. The van der Waals surface area contributed by atoms with E-state index in [0.717, 1.165) is 0 Å². The maximum Gasteiger partial charge on any atom is 0.0875 e. The number of hydrogen-bond acceptors (Lipinski definition) is 0. The molecule has 0 atom stereocenters. The summed E-state index contributed by atoms with van der Waals surface area (Å²) in [4.78, 5) is 0. The Bertz CT molecular complexity index is 3220. The summed E-state index contributed by atoms with van der Waals surface area (Å²) < 4.78 is 0. The van der Waals surface area contributed by atoms with E-state index in [-0.39, 0.29) is 0 Å². The molecule has 0 unspecified atom stereocenters. The van der Waals surface area contributed by atoms with Gasteiger partial charge in [-0.3, -0.25) is 0 Å². The minimum atomic E-state index is -0.704. The van der Waals surface area contributed by atoms with Crippen molar-refractivity contribution in [2.24, 2.45) is 0 Å². The van der Waals surface area contributed by atoms with Crippen LogP contribution in [0.3, 0.4) is 0 Å². The highest BCUT2D eigenvalue weighted by atomic mass is 28.2. The third-order valence-corrected chi connectivity index (χ3v) is 13.5. The molecule has 57 heavy (non-hydrogen) atoms. The monoisotopic (exact) mass is 738 g/mol. The van der Waals surface area contributed by atoms with Crippen LogP contribution in [0, 0.1) is 0 Å². The number of rotatable bonds is 6. The first-order valence-electron chi connectivity index (χ1n) is 19.9. The Morgan fingerprint density at radius 3 is 1.40 bits per heavy atom. The molecule has 0 aliphatic carbocycles. The maximum atomic E-state index is 2.53. The lowest BCUT2D eigenvalue weighted by molar-refractivity contribution is 1.60. The summed E-state index contributed by atoms with van der Waals surface area (Å²) in [7, 11) is -0.704. The molecule has 0 aliphatic rings. The molecule has 0 heterocycles. The molecule has 11 aromatic carbocycles. The van der Waals surface area contributed by atoms with Gasteiger partial charge in [0.05, 0.1) is 9.52 Å². The fraction of sp³-hybridized carbons (Fsp3) is 0. The van der Waals surface area contributed by atoms with E-state index in [1.165, 1.54) is 109 Å². The fourth-order valence-electron chi connectivity index (χ4n) is 9.05. The average Bonchev–Trinajstić information content (AvgIpc) is 3.28. The van der Waals surface area contributed by atoms with Crippen LogP contribution in [0.4, 0.5) is 0 Å². The molecule has 0 amide bonds. The van der Waals surface area contributed by atoms with Gasteiger partial charge in [0.1, 0.15) is 0 Å². The molecule has 11 rings (SSSR count). The van der Waals surface area contributed by atoms with E-state index in [1.54, 1.807) is 0 Å². The highest BCUT2D eigenvalue weighted by Crippen LogP contribution is 2.46. The van der Waals surface area contributed by atoms with E-state index in [2.05, 4.69) is 218 Å². The zero-order valence-corrected chi connectivity index (χ0v) is 32.9. The van der Waals surface area contributed by atoms with Gasteiger partial charge in [0.15, 0.2) is 0 Å². The predicted molar refractivity (Wildman–Crippen MR) is 250 cm³/mol. The maximum absolute atomic E-state index is 2.53. The Kier molecular flexibility index (Phi) is 8.12. The topological polar surface area (TPSA) is 0 Å². The van der Waals surface area contributed by atoms with E-state index in [0.29, 0.717) is 0 Å². The van der Waals surface area contributed by atoms with Crippen LogP contribution in [0.5, 0.6) is 0 Å². The van der Waals surface area contributed by atoms with Crippen molar-refractivity contribution in [1.82, 2.24) is 0 Å². The van der Waals surface area contributed by atoms with E-state index < -0.39 is 9.52 Å². The van der Waals surface area contributed by atoms with Gasteiger partial charge in [0.2, 0.25) is 0 Å². The number of fused-ring (bicyclic) bond motifs is 5. The van der Waals surface area contributed by atoms with Crippen molar-refractivity contribution in [3.63, 3.8) is 0 Å². The van der Waals surface area contributed by atoms with Gasteiger partial charge in [-0.2, -0.15) is 0 Å². The van der Waals surface area contributed by atoms with Crippen LogP contribution in [0.1, 0.15) is 0 Å². The molecule has 0 N–H and O–H groups in total. The largest absolute Gasteiger partial charge is 0.0875 e. The van der Waals surface area contributed by atoms with Gasteiger partial charge in [-0.15, -0.1) is 0 Å². The van der Waals surface area contributed by atoms with Gasteiger partial charge < -0.3 is 0 Å². The minimum absolute atomic E-state index is 0.704. The Morgan fingerprint density at radius 1 is 0.228 bits per heavy atom. The van der Waals surface area contributed by atoms with Crippen molar-refractivity contribution in [1.29, 1.82) is 0 Å². The lowest BCUT2D eigenvalue weighted by Crippen LogP contribution is -2.26. The highest BCUT2D eigenvalue weighted by Gasteiger charge is 2.20. The van der Waals surface area contributed by atoms with Crippen LogP contribution in [0.25, 0.3) is 98.4 Å². The first-order chi connectivity index (χ1) is 28.2. The predicted octanol–water partition coefficient (Wildman–Crippen LogP) is 13.2. The molecule has 0 saturated carbocycles. The normalized spacial score (nSPS) is 11.8. The second-order valence-electron chi connectivity index (χ2n) is 15.3. The number of hydrogen-bond donors (Lipinski definition) is 0. The summed E-state index contributed by atoms with van der Waals surface area (Å²) in [6, 6.07) is 81.5. The zero-order valence-electron chi connectivity index (χ0n) is 31.5. The highest BCUT2D eigenvalue weighted by molar-refractivity contribution is 6.67. The van der Waals surface area contributed by atoms with Crippen molar-refractivity contribution in [3.8, 4) is 44.5 Å². The summed E-state index contributed by atoms with van der Waals surface area (Å²) in [5, 5.41) is 15.6. The molecule has 0 fully saturated rings. The first kappa shape index (κ1) is 33.3. The van der Waals surface area contributed by atoms with E-state index in [9.17, 15) is 0 Å². The van der Waals surface area contributed by atoms with Crippen LogP contribution < -0.4 is 10.4 Å². The van der Waals surface area contributed by atoms with Crippen molar-refractivity contribution in [2.75, 3.05) is 0 Å². The summed E-state index contributed by atoms with van der Waals surface area (Å²) in [5.74, 6) is 0. The summed E-state index contributed by atoms with van der Waals surface area (Å²) in [6.45, 7) is 0. The minimum Gasteiger partial charge on any atom is -0.0633 e. The van der Waals surface area contributed by atoms with Crippen molar-refractivity contribution >= 4 is 73.8 Å². The van der Waals surface area contributed by atoms with Crippen molar-refractivity contribution < 1.29 is 0 Å². The Hall–Kier alpha value is -7.06. The molecule has 1 heteroatoms. The van der Waals surface area contributed by atoms with Gasteiger partial charge in [-0.1, -0.05) is 198 Å². The molecule has 0 nitrogen and oxygen atoms in total. The van der Waals surface area contributed by atoms with Gasteiger partial charge in [0, 0.05) is 0 Å². The van der Waals surface area contributed by atoms with Crippen molar-refractivity contribution in [3.05, 3.63) is 218 Å². The van der Waals surface area contributed by atoms with Crippen molar-refractivity contribution in [2.45, 2.75) is 0 Å². The molecular formula is C56H38Si. The van der Waals surface area contributed by atoms with Gasteiger partial charge in [0.25, 0.3) is 0 Å². The van der Waals surface area contributed by atoms with Crippen LogP contribution in [0.2, 0.25) is 0 Å². The zero-order chi connectivity index (χ0) is 37.7. The summed E-state index contributed by atoms with van der Waals surface area (Å²) in [5.41, 5.74) is 9.95. The lowest BCUT2D eigenvalue weighted by atomic mass is 9.83. The standard InChI is InChI=1S/C56H38Si/c1-2-19-47(20-3-1)57-48-29-30-53-54(36-48)56(50-24-12-18-39-15-8-9-21-49(39)50)52-23-11-10-22-51(52)55(53)46-34-44(42-27-25-37-13-4-6-16-40(37)31-42)33-45(35-46)43-28-26-38-14-5-7-17-41(38)32-43/h1-36H,57H2. The molecule has 266 valence electrons. The third-order valence-electron chi connectivity index (χ3n) is 11.8. The van der Waals surface area contributed by atoms with E-state index in [4.69, 9.17) is 0 Å². The molecule has 0 saturated heterocycles. The molecular weight excluding hydrogens is 701 g/mol. The van der Waals surface area contributed by atoms with Crippen LogP contribution in [-0.4, -0.2) is 9.52 Å². The molecule has 11 aromatic rings. The quantitative estimate of drug-likeness (QED) is 0.118. The molecule has 0 spiro atoms. The Balaban J connectivity index is 1.23. The van der Waals surface area contributed by atoms with Crippen LogP contribution >= 0.6 is 0 Å². The smallest absolute Gasteiger partial charge is 0.0633 e. The first-order valence-corrected chi connectivity index (χ1v) is 21.3. The second-order valence-corrected chi connectivity index (χ2v) is 17.3. The Morgan fingerprint density at radius 2 is 0.737 bits per heavy atom. The van der Waals surface area contributed by atoms with Gasteiger partial charge in [-0.05, 0) is 129 Å². The molecule has 0 bridgehead atoms. The van der Waals surface area contributed by atoms with Gasteiger partial charge >= 0.3 is 0 Å². The number of benzene rings is 11. The SMILES string of the molecule is c1ccc([SiH2]c2ccc3c(-c4cc(-c5ccc6ccccc6c5)cc(-c5ccc6ccccc6c5)c4)c4ccccc4c(-c4cccc5ccccc45)c3c2)cc1. The average molecular weight is 739 g/mol.